The van der Waals surface area contributed by atoms with Crippen molar-refractivity contribution < 1.29 is 9.18 Å². The van der Waals surface area contributed by atoms with Crippen LogP contribution >= 0.6 is 15.9 Å². The van der Waals surface area contributed by atoms with Crippen LogP contribution in [0.25, 0.3) is 0 Å². The van der Waals surface area contributed by atoms with Gasteiger partial charge in [-0.15, -0.1) is 0 Å². The number of rotatable bonds is 3. The van der Waals surface area contributed by atoms with Gasteiger partial charge in [-0.05, 0) is 59.1 Å². The van der Waals surface area contributed by atoms with Crippen molar-refractivity contribution in [2.75, 3.05) is 18.0 Å². The Hall–Kier alpha value is -1.75. The van der Waals surface area contributed by atoms with Gasteiger partial charge in [-0.25, -0.2) is 4.39 Å². The van der Waals surface area contributed by atoms with E-state index in [1.54, 1.807) is 18.3 Å². The number of hydrogen-bond donors (Lipinski definition) is 0. The number of Topliss-reactive ketones (excluding diaryl/α,β-unsaturated/α-hetero) is 1. The summed E-state index contributed by atoms with van der Waals surface area (Å²) in [6.07, 6.45) is 5.21. The second-order valence-corrected chi connectivity index (χ2v) is 6.41. The Kier molecular flexibility index (Phi) is 4.52. The predicted octanol–water partition coefficient (Wildman–Crippen LogP) is 4.08. The summed E-state index contributed by atoms with van der Waals surface area (Å²) in [5, 5.41) is 0. The first-order valence-electron chi connectivity index (χ1n) is 7.29. The van der Waals surface area contributed by atoms with Crippen LogP contribution in [0.4, 0.5) is 10.1 Å². The first-order chi connectivity index (χ1) is 10.6. The summed E-state index contributed by atoms with van der Waals surface area (Å²) in [4.78, 5) is 18.9. The zero-order valence-electron chi connectivity index (χ0n) is 12.0. The SMILES string of the molecule is O=C(c1ccc(F)cc1)C1CCN(c2cncc(Br)c2)CC1. The molecule has 2 heterocycles. The number of benzene rings is 1. The van der Waals surface area contributed by atoms with E-state index < -0.39 is 0 Å². The molecule has 114 valence electrons. The highest BCUT2D eigenvalue weighted by Crippen LogP contribution is 2.26. The molecule has 1 aliphatic heterocycles. The fourth-order valence-corrected chi connectivity index (χ4v) is 3.18. The molecule has 3 rings (SSSR count). The summed E-state index contributed by atoms with van der Waals surface area (Å²) in [6, 6.07) is 7.87. The molecular weight excluding hydrogens is 347 g/mol. The van der Waals surface area contributed by atoms with E-state index in [4.69, 9.17) is 0 Å². The quantitative estimate of drug-likeness (QED) is 0.771. The predicted molar refractivity (Wildman–Crippen MR) is 87.6 cm³/mol. The topological polar surface area (TPSA) is 33.2 Å². The number of nitrogens with zero attached hydrogens (tertiary/aromatic N) is 2. The van der Waals surface area contributed by atoms with E-state index in [0.29, 0.717) is 5.56 Å². The number of piperidine rings is 1. The zero-order valence-corrected chi connectivity index (χ0v) is 13.6. The molecule has 0 radical (unpaired) electrons. The fraction of sp³-hybridized carbons (Fsp3) is 0.294. The summed E-state index contributed by atoms with van der Waals surface area (Å²) in [5.74, 6) is -0.178. The monoisotopic (exact) mass is 362 g/mol. The van der Waals surface area contributed by atoms with Crippen molar-refractivity contribution >= 4 is 27.4 Å². The highest BCUT2D eigenvalue weighted by atomic mass is 79.9. The minimum atomic E-state index is -0.312. The summed E-state index contributed by atoms with van der Waals surface area (Å²) < 4.78 is 13.9. The van der Waals surface area contributed by atoms with E-state index in [9.17, 15) is 9.18 Å². The second kappa shape index (κ2) is 6.57. The number of carbonyl (C=O) groups excluding carboxylic acids is 1. The first kappa shape index (κ1) is 15.2. The molecule has 1 aromatic carbocycles. The Morgan fingerprint density at radius 1 is 1.18 bits per heavy atom. The zero-order chi connectivity index (χ0) is 15.5. The average Bonchev–Trinajstić information content (AvgIpc) is 2.55. The maximum atomic E-state index is 12.9. The molecule has 0 N–H and O–H groups in total. The number of hydrogen-bond acceptors (Lipinski definition) is 3. The highest BCUT2D eigenvalue weighted by Gasteiger charge is 2.26. The van der Waals surface area contributed by atoms with E-state index in [1.807, 2.05) is 12.3 Å². The van der Waals surface area contributed by atoms with Gasteiger partial charge in [0.05, 0.1) is 11.9 Å². The van der Waals surface area contributed by atoms with Gasteiger partial charge in [0.25, 0.3) is 0 Å². The molecule has 22 heavy (non-hydrogen) atoms. The lowest BCUT2D eigenvalue weighted by atomic mass is 9.89. The van der Waals surface area contributed by atoms with Crippen molar-refractivity contribution in [2.45, 2.75) is 12.8 Å². The van der Waals surface area contributed by atoms with Crippen LogP contribution in [0.15, 0.2) is 47.2 Å². The first-order valence-corrected chi connectivity index (χ1v) is 8.08. The molecule has 0 amide bonds. The normalized spacial score (nSPS) is 15.8. The van der Waals surface area contributed by atoms with Crippen molar-refractivity contribution in [3.63, 3.8) is 0 Å². The van der Waals surface area contributed by atoms with Crippen LogP contribution in [0.3, 0.4) is 0 Å². The molecule has 0 spiro atoms. The second-order valence-electron chi connectivity index (χ2n) is 5.49. The number of halogens is 2. The molecule has 5 heteroatoms. The molecule has 0 aliphatic carbocycles. The molecule has 3 nitrogen and oxygen atoms in total. The molecule has 0 atom stereocenters. The summed E-state index contributed by atoms with van der Waals surface area (Å²) in [5.41, 5.74) is 1.67. The van der Waals surface area contributed by atoms with Gasteiger partial charge >= 0.3 is 0 Å². The minimum absolute atomic E-state index is 0.0156. The molecule has 1 saturated heterocycles. The lowest BCUT2D eigenvalue weighted by Crippen LogP contribution is -2.36. The Bertz CT molecular complexity index is 667. The Balaban J connectivity index is 1.64. The molecule has 1 aliphatic rings. The number of ketones is 1. The number of carbonyl (C=O) groups is 1. The van der Waals surface area contributed by atoms with Crippen LogP contribution in [-0.4, -0.2) is 23.9 Å². The van der Waals surface area contributed by atoms with E-state index in [0.717, 1.165) is 36.1 Å². The van der Waals surface area contributed by atoms with E-state index in [-0.39, 0.29) is 17.5 Å². The molecule has 0 saturated carbocycles. The average molecular weight is 363 g/mol. The van der Waals surface area contributed by atoms with Crippen LogP contribution in [0.2, 0.25) is 0 Å². The van der Waals surface area contributed by atoms with Gasteiger partial charge in [0.1, 0.15) is 5.82 Å². The van der Waals surface area contributed by atoms with Gasteiger partial charge in [0.2, 0.25) is 0 Å². The van der Waals surface area contributed by atoms with Crippen molar-refractivity contribution in [1.29, 1.82) is 0 Å². The lowest BCUT2D eigenvalue weighted by molar-refractivity contribution is 0.0900. The van der Waals surface area contributed by atoms with Crippen LogP contribution in [0, 0.1) is 11.7 Å². The van der Waals surface area contributed by atoms with Crippen LogP contribution < -0.4 is 4.90 Å². The Morgan fingerprint density at radius 3 is 2.50 bits per heavy atom. The van der Waals surface area contributed by atoms with Gasteiger partial charge < -0.3 is 4.90 Å². The number of pyridine rings is 1. The van der Waals surface area contributed by atoms with Gasteiger partial charge in [0.15, 0.2) is 5.78 Å². The van der Waals surface area contributed by atoms with Crippen molar-refractivity contribution in [3.8, 4) is 0 Å². The van der Waals surface area contributed by atoms with Crippen molar-refractivity contribution in [1.82, 2.24) is 4.98 Å². The minimum Gasteiger partial charge on any atom is -0.370 e. The van der Waals surface area contributed by atoms with Crippen LogP contribution in [0.1, 0.15) is 23.2 Å². The summed E-state index contributed by atoms with van der Waals surface area (Å²) in [7, 11) is 0. The third-order valence-corrected chi connectivity index (χ3v) is 4.48. The fourth-order valence-electron chi connectivity index (χ4n) is 2.82. The standard InChI is InChI=1S/C17H16BrFN2O/c18-14-9-16(11-20-10-14)21-7-5-13(6-8-21)17(22)12-1-3-15(19)4-2-12/h1-4,9-11,13H,5-8H2. The van der Waals surface area contributed by atoms with E-state index in [1.165, 1.54) is 12.1 Å². The summed E-state index contributed by atoms with van der Waals surface area (Å²) in [6.45, 7) is 1.66. The molecule has 0 bridgehead atoms. The third kappa shape index (κ3) is 3.35. The van der Waals surface area contributed by atoms with Crippen molar-refractivity contribution in [3.05, 3.63) is 58.6 Å². The number of aromatic nitrogens is 1. The van der Waals surface area contributed by atoms with Gasteiger partial charge in [0, 0.05) is 35.2 Å². The largest absolute Gasteiger partial charge is 0.370 e. The maximum Gasteiger partial charge on any atom is 0.166 e. The molecule has 0 unspecified atom stereocenters. The Labute approximate surface area is 137 Å². The lowest BCUT2D eigenvalue weighted by Gasteiger charge is -2.32. The van der Waals surface area contributed by atoms with Gasteiger partial charge in [-0.1, -0.05) is 0 Å². The van der Waals surface area contributed by atoms with E-state index >= 15 is 0 Å². The smallest absolute Gasteiger partial charge is 0.166 e. The molecule has 2 aromatic rings. The third-order valence-electron chi connectivity index (χ3n) is 4.05. The highest BCUT2D eigenvalue weighted by molar-refractivity contribution is 9.10. The molecular formula is C17H16BrFN2O. The molecule has 1 fully saturated rings. The van der Waals surface area contributed by atoms with E-state index in [2.05, 4.69) is 25.8 Å². The van der Waals surface area contributed by atoms with Crippen molar-refractivity contribution in [2.24, 2.45) is 5.92 Å². The number of anilines is 1. The van der Waals surface area contributed by atoms with Crippen LogP contribution in [-0.2, 0) is 0 Å². The summed E-state index contributed by atoms with van der Waals surface area (Å²) >= 11 is 3.43. The maximum absolute atomic E-state index is 12.9. The van der Waals surface area contributed by atoms with Gasteiger partial charge in [-0.3, -0.25) is 9.78 Å². The molecule has 1 aromatic heterocycles. The Morgan fingerprint density at radius 2 is 1.86 bits per heavy atom. The van der Waals surface area contributed by atoms with Gasteiger partial charge in [-0.2, -0.15) is 0 Å². The van der Waals surface area contributed by atoms with Crippen LogP contribution in [0.5, 0.6) is 0 Å².